The highest BCUT2D eigenvalue weighted by atomic mass is 35.5. The summed E-state index contributed by atoms with van der Waals surface area (Å²) in [6, 6.07) is 8.12. The highest BCUT2D eigenvalue weighted by Crippen LogP contribution is 2.34. The molecule has 0 spiro atoms. The topological polar surface area (TPSA) is 109 Å². The first-order chi connectivity index (χ1) is 20.6. The Morgan fingerprint density at radius 3 is 2.55 bits per heavy atom. The van der Waals surface area contributed by atoms with Gasteiger partial charge in [0.2, 0.25) is 0 Å². The lowest BCUT2D eigenvalue weighted by molar-refractivity contribution is -0.00869. The van der Waals surface area contributed by atoms with Gasteiger partial charge in [0.15, 0.2) is 0 Å². The molecule has 2 rings (SSSR count). The first kappa shape index (κ1) is 37.7. The maximum Gasteiger partial charge on any atom is 0.409 e. The summed E-state index contributed by atoms with van der Waals surface area (Å²) in [4.78, 5) is 41.3. The fourth-order valence-electron chi connectivity index (χ4n) is 5.08. The van der Waals surface area contributed by atoms with E-state index in [1.165, 1.54) is 7.11 Å². The van der Waals surface area contributed by atoms with E-state index >= 15 is 0 Å². The number of amides is 4. The third kappa shape index (κ3) is 14.5. The molecule has 1 fully saturated rings. The Labute approximate surface area is 270 Å². The van der Waals surface area contributed by atoms with Gasteiger partial charge in [0.25, 0.3) is 0 Å². The zero-order valence-corrected chi connectivity index (χ0v) is 29.8. The zero-order valence-electron chi connectivity index (χ0n) is 28.0. The summed E-state index contributed by atoms with van der Waals surface area (Å²) < 4.78 is 16.5. The Kier molecular flexibility index (Phi) is 15.3. The lowest BCUT2D eigenvalue weighted by Crippen LogP contribution is -2.52. The average Bonchev–Trinajstić information content (AvgIpc) is 2.94. The maximum absolute atomic E-state index is 13.7. The number of urea groups is 1. The number of rotatable bonds is 14. The smallest absolute Gasteiger partial charge is 0.409 e. The lowest BCUT2D eigenvalue weighted by atomic mass is 9.88. The number of hydrogen-bond donors (Lipinski definition) is 2. The molecule has 1 saturated heterocycles. The van der Waals surface area contributed by atoms with E-state index in [0.29, 0.717) is 37.8 Å². The van der Waals surface area contributed by atoms with Crippen LogP contribution in [0.5, 0.6) is 0 Å². The summed E-state index contributed by atoms with van der Waals surface area (Å²) in [6.45, 7) is 15.8. The van der Waals surface area contributed by atoms with Crippen LogP contribution in [0.4, 0.5) is 14.4 Å². The van der Waals surface area contributed by atoms with Crippen molar-refractivity contribution >= 4 is 37.9 Å². The van der Waals surface area contributed by atoms with Gasteiger partial charge in [0.05, 0.1) is 26.4 Å². The van der Waals surface area contributed by atoms with E-state index in [9.17, 15) is 14.4 Å². The molecule has 0 aromatic heterocycles. The number of carbonyl (C=O) groups is 3. The summed E-state index contributed by atoms with van der Waals surface area (Å²) >= 11 is 6.32. The van der Waals surface area contributed by atoms with Crippen molar-refractivity contribution in [3.05, 3.63) is 34.9 Å². The van der Waals surface area contributed by atoms with Gasteiger partial charge < -0.3 is 34.6 Å². The van der Waals surface area contributed by atoms with Crippen molar-refractivity contribution in [1.82, 2.24) is 20.4 Å². The number of likely N-dealkylation sites (N-methyl/N-ethyl adjacent to an activating group) is 1. The molecule has 1 aromatic rings. The van der Waals surface area contributed by atoms with E-state index in [-0.39, 0.29) is 42.2 Å². The predicted octanol–water partition coefficient (Wildman–Crippen LogP) is 6.78. The fraction of sp³-hybridized carbons (Fsp3) is 0.719. The van der Waals surface area contributed by atoms with Gasteiger partial charge in [0, 0.05) is 58.3 Å². The molecule has 1 heterocycles. The summed E-state index contributed by atoms with van der Waals surface area (Å²) in [5.41, 5.74) is 1.01. The van der Waals surface area contributed by atoms with Gasteiger partial charge in [-0.1, -0.05) is 64.1 Å². The molecule has 1 aliphatic rings. The van der Waals surface area contributed by atoms with E-state index in [2.05, 4.69) is 55.8 Å². The van der Waals surface area contributed by atoms with Crippen molar-refractivity contribution < 1.29 is 28.6 Å². The van der Waals surface area contributed by atoms with Gasteiger partial charge in [-0.2, -0.15) is 0 Å². The van der Waals surface area contributed by atoms with E-state index in [1.807, 2.05) is 29.2 Å². The minimum Gasteiger partial charge on any atom is -0.453 e. The molecule has 1 aromatic carbocycles. The van der Waals surface area contributed by atoms with Crippen molar-refractivity contribution in [2.75, 3.05) is 53.6 Å². The Morgan fingerprint density at radius 1 is 1.18 bits per heavy atom. The summed E-state index contributed by atoms with van der Waals surface area (Å²) in [7, 11) is 1.73. The number of halogens is 1. The standard InChI is InChI=1S/C32H55ClN4O6Si/c1-32(2,3)15-14-27(23-36(4)31(40)43-19-20-44(6,7)8)35-29(38)37-17-10-12-25(22-37)28(24-11-9-13-26(33)21-24)42-18-16-34-30(39)41-5/h9,11,13,21,25,27-28H,10,12,14-20,22-23H2,1-8H3,(H,34,39)(H,35,38)/t25?,27?,28-/m0/s1. The largest absolute Gasteiger partial charge is 0.453 e. The SMILES string of the molecule is COC(=O)NCCO[C@@H](c1cccc(Cl)c1)C1CCCN(C(=O)NC(CCC(C)(C)C)CN(C)C(=O)OCC[Si](C)(C)C)C1. The number of nitrogens with zero attached hydrogens (tertiary/aromatic N) is 2. The molecule has 250 valence electrons. The highest BCUT2D eigenvalue weighted by molar-refractivity contribution is 6.76. The monoisotopic (exact) mass is 654 g/mol. The van der Waals surface area contributed by atoms with Gasteiger partial charge in [-0.15, -0.1) is 0 Å². The van der Waals surface area contributed by atoms with Crippen LogP contribution in [0, 0.1) is 11.3 Å². The van der Waals surface area contributed by atoms with Crippen LogP contribution in [0.25, 0.3) is 0 Å². The number of alkyl carbamates (subject to hydrolysis) is 1. The first-order valence-corrected chi connectivity index (χ1v) is 19.8. The second-order valence-electron chi connectivity index (χ2n) is 14.2. The lowest BCUT2D eigenvalue weighted by Gasteiger charge is -2.38. The Bertz CT molecular complexity index is 1060. The van der Waals surface area contributed by atoms with Crippen molar-refractivity contribution in [2.45, 2.75) is 84.3 Å². The van der Waals surface area contributed by atoms with Crippen LogP contribution in [-0.4, -0.2) is 95.7 Å². The first-order valence-electron chi connectivity index (χ1n) is 15.7. The predicted molar refractivity (Wildman–Crippen MR) is 178 cm³/mol. The van der Waals surface area contributed by atoms with Crippen LogP contribution in [0.2, 0.25) is 30.7 Å². The van der Waals surface area contributed by atoms with Gasteiger partial charge in [0.1, 0.15) is 0 Å². The second kappa shape index (κ2) is 17.8. The summed E-state index contributed by atoms with van der Waals surface area (Å²) in [6.07, 6.45) is 2.15. The summed E-state index contributed by atoms with van der Waals surface area (Å²) in [5.74, 6) is 0.0307. The second-order valence-corrected chi connectivity index (χ2v) is 20.2. The molecule has 10 nitrogen and oxygen atoms in total. The minimum atomic E-state index is -1.32. The van der Waals surface area contributed by atoms with Crippen LogP contribution in [0.15, 0.2) is 24.3 Å². The molecule has 0 bridgehead atoms. The van der Waals surface area contributed by atoms with Crippen LogP contribution in [-0.2, 0) is 14.2 Å². The number of nitrogens with one attached hydrogen (secondary N) is 2. The Morgan fingerprint density at radius 2 is 1.91 bits per heavy atom. The highest BCUT2D eigenvalue weighted by Gasteiger charge is 2.32. The van der Waals surface area contributed by atoms with Crippen molar-refractivity contribution in [3.8, 4) is 0 Å². The number of hydrogen-bond acceptors (Lipinski definition) is 6. The van der Waals surface area contributed by atoms with Gasteiger partial charge in [-0.25, -0.2) is 14.4 Å². The van der Waals surface area contributed by atoms with Crippen molar-refractivity contribution in [1.29, 1.82) is 0 Å². The molecule has 2 unspecified atom stereocenters. The fourth-order valence-corrected chi connectivity index (χ4v) is 6.00. The molecular formula is C32H55ClN4O6Si. The minimum absolute atomic E-state index is 0.0307. The van der Waals surface area contributed by atoms with Crippen LogP contribution < -0.4 is 10.6 Å². The molecule has 0 aliphatic carbocycles. The van der Waals surface area contributed by atoms with E-state index in [4.69, 9.17) is 21.1 Å². The quantitative estimate of drug-likeness (QED) is 0.169. The van der Waals surface area contributed by atoms with Crippen molar-refractivity contribution in [3.63, 3.8) is 0 Å². The van der Waals surface area contributed by atoms with Crippen LogP contribution >= 0.6 is 11.6 Å². The van der Waals surface area contributed by atoms with Crippen LogP contribution in [0.3, 0.4) is 0 Å². The number of carbonyl (C=O) groups excluding carboxylic acids is 3. The molecular weight excluding hydrogens is 600 g/mol. The van der Waals surface area contributed by atoms with E-state index < -0.39 is 14.2 Å². The van der Waals surface area contributed by atoms with E-state index in [0.717, 1.165) is 37.3 Å². The number of benzene rings is 1. The molecule has 0 saturated carbocycles. The zero-order chi connectivity index (χ0) is 32.9. The average molecular weight is 655 g/mol. The number of likely N-dealkylation sites (tertiary alicyclic amines) is 1. The van der Waals surface area contributed by atoms with Crippen molar-refractivity contribution in [2.24, 2.45) is 11.3 Å². The Balaban J connectivity index is 2.09. The molecule has 1 aliphatic heterocycles. The molecule has 3 atom stereocenters. The molecule has 12 heteroatoms. The van der Waals surface area contributed by atoms with Crippen LogP contribution in [0.1, 0.15) is 58.1 Å². The normalized spacial score (nSPS) is 16.9. The third-order valence-corrected chi connectivity index (χ3v) is 9.60. The van der Waals surface area contributed by atoms with Gasteiger partial charge in [-0.05, 0) is 54.8 Å². The number of methoxy groups -OCH3 is 1. The molecule has 4 amide bonds. The molecule has 0 radical (unpaired) electrons. The molecule has 44 heavy (non-hydrogen) atoms. The maximum atomic E-state index is 13.7. The Hall–Kier alpha value is -2.50. The summed E-state index contributed by atoms with van der Waals surface area (Å²) in [5, 5.41) is 6.48. The number of piperidine rings is 1. The van der Waals surface area contributed by atoms with Gasteiger partial charge in [-0.3, -0.25) is 0 Å². The third-order valence-electron chi connectivity index (χ3n) is 7.66. The van der Waals surface area contributed by atoms with Gasteiger partial charge >= 0.3 is 18.2 Å². The molecule has 2 N–H and O–H groups in total. The number of ether oxygens (including phenoxy) is 3. The van der Waals surface area contributed by atoms with E-state index in [1.54, 1.807) is 11.9 Å².